The molecule has 2 N–H and O–H groups in total. The minimum Gasteiger partial charge on any atom is -0.497 e. The van der Waals surface area contributed by atoms with Crippen molar-refractivity contribution in [2.75, 3.05) is 38.3 Å². The maximum absolute atomic E-state index is 12.8. The third kappa shape index (κ3) is 3.80. The Hall–Kier alpha value is -2.87. The molecular weight excluding hydrogens is 324 g/mol. The fraction of sp³-hybridized carbons (Fsp3) is 0.353. The van der Waals surface area contributed by atoms with Crippen LogP contribution in [0.25, 0.3) is 5.69 Å². The summed E-state index contributed by atoms with van der Waals surface area (Å²) in [7, 11) is 1.55. The lowest BCUT2D eigenvalue weighted by atomic mass is 10.2. The molecule has 0 radical (unpaired) electrons. The molecule has 0 atom stereocenters. The maximum atomic E-state index is 12.8. The third-order valence-electron chi connectivity index (χ3n) is 3.95. The predicted molar refractivity (Wildman–Crippen MR) is 92.3 cm³/mol. The number of benzene rings is 1. The summed E-state index contributed by atoms with van der Waals surface area (Å²) in [5.74, 6) is 0.882. The normalized spacial score (nSPS) is 14.4. The van der Waals surface area contributed by atoms with Gasteiger partial charge in [0.1, 0.15) is 17.4 Å². The molecule has 0 spiro atoms. The number of primary amides is 1. The number of morpholine rings is 1. The molecule has 1 amide bonds. The first-order valence-corrected chi connectivity index (χ1v) is 7.97. The van der Waals surface area contributed by atoms with E-state index >= 15 is 0 Å². The number of methoxy groups -OCH3 is 1. The Labute approximate surface area is 144 Å². The number of aromatic nitrogens is 2. The number of carbonyl (C=O) groups excluding carboxylic acids is 1. The van der Waals surface area contributed by atoms with Gasteiger partial charge in [0.15, 0.2) is 0 Å². The van der Waals surface area contributed by atoms with Crippen molar-refractivity contribution in [2.24, 2.45) is 5.73 Å². The molecule has 0 bridgehead atoms. The Bertz CT molecular complexity index is 828. The van der Waals surface area contributed by atoms with Crippen LogP contribution in [-0.4, -0.2) is 48.9 Å². The van der Waals surface area contributed by atoms with Crippen LogP contribution in [0.1, 0.15) is 5.82 Å². The zero-order valence-electron chi connectivity index (χ0n) is 14.0. The maximum Gasteiger partial charge on any atom is 0.260 e. The van der Waals surface area contributed by atoms with Crippen LogP contribution in [0.4, 0.5) is 5.82 Å². The van der Waals surface area contributed by atoms with Crippen molar-refractivity contribution in [3.63, 3.8) is 0 Å². The number of carbonyl (C=O) groups is 1. The molecule has 25 heavy (non-hydrogen) atoms. The fourth-order valence-electron chi connectivity index (χ4n) is 2.77. The van der Waals surface area contributed by atoms with Gasteiger partial charge in [-0.25, -0.2) is 4.98 Å². The van der Waals surface area contributed by atoms with Gasteiger partial charge in [0, 0.05) is 25.2 Å². The lowest BCUT2D eigenvalue weighted by molar-refractivity contribution is -0.117. The quantitative estimate of drug-likeness (QED) is 0.826. The van der Waals surface area contributed by atoms with Crippen molar-refractivity contribution >= 4 is 11.7 Å². The van der Waals surface area contributed by atoms with Gasteiger partial charge in [0.25, 0.3) is 5.56 Å². The number of amides is 1. The van der Waals surface area contributed by atoms with E-state index in [1.165, 1.54) is 10.6 Å². The molecule has 1 aliphatic rings. The molecule has 1 aromatic carbocycles. The highest BCUT2D eigenvalue weighted by molar-refractivity contribution is 5.76. The summed E-state index contributed by atoms with van der Waals surface area (Å²) < 4.78 is 11.9. The van der Waals surface area contributed by atoms with Crippen LogP contribution in [-0.2, 0) is 16.0 Å². The van der Waals surface area contributed by atoms with Gasteiger partial charge in [-0.3, -0.25) is 14.2 Å². The molecule has 1 aromatic heterocycles. The minimum atomic E-state index is -0.553. The van der Waals surface area contributed by atoms with Crippen molar-refractivity contribution in [2.45, 2.75) is 6.42 Å². The molecule has 1 fully saturated rings. The van der Waals surface area contributed by atoms with Gasteiger partial charge in [0.2, 0.25) is 5.91 Å². The van der Waals surface area contributed by atoms with Gasteiger partial charge in [-0.1, -0.05) is 6.07 Å². The first kappa shape index (κ1) is 17.0. The molecule has 2 aromatic rings. The summed E-state index contributed by atoms with van der Waals surface area (Å²) in [6.07, 6.45) is -0.134. The van der Waals surface area contributed by atoms with Crippen molar-refractivity contribution in [1.29, 1.82) is 0 Å². The van der Waals surface area contributed by atoms with Gasteiger partial charge in [-0.2, -0.15) is 0 Å². The van der Waals surface area contributed by atoms with E-state index < -0.39 is 5.91 Å². The van der Waals surface area contributed by atoms with Crippen molar-refractivity contribution in [3.05, 3.63) is 46.5 Å². The second-order valence-electron chi connectivity index (χ2n) is 5.65. The standard InChI is InChI=1S/C17H20N4O4/c1-24-13-4-2-3-12(9-13)21-16(10-14(18)22)19-15(11-17(21)23)20-5-7-25-8-6-20/h2-4,9,11H,5-8,10H2,1H3,(H2,18,22). The molecular formula is C17H20N4O4. The Morgan fingerprint density at radius 2 is 2.08 bits per heavy atom. The summed E-state index contributed by atoms with van der Waals surface area (Å²) in [5, 5.41) is 0. The molecule has 0 unspecified atom stereocenters. The van der Waals surface area contributed by atoms with E-state index in [0.717, 1.165) is 0 Å². The molecule has 3 rings (SSSR count). The third-order valence-corrected chi connectivity index (χ3v) is 3.95. The van der Waals surface area contributed by atoms with E-state index in [1.54, 1.807) is 31.4 Å². The summed E-state index contributed by atoms with van der Waals surface area (Å²) in [6.45, 7) is 2.44. The number of nitrogens with zero attached hydrogens (tertiary/aromatic N) is 3. The Morgan fingerprint density at radius 3 is 2.76 bits per heavy atom. The molecule has 8 nitrogen and oxygen atoms in total. The van der Waals surface area contributed by atoms with E-state index in [1.807, 2.05) is 4.90 Å². The van der Waals surface area contributed by atoms with E-state index in [-0.39, 0.29) is 12.0 Å². The molecule has 1 aliphatic heterocycles. The van der Waals surface area contributed by atoms with Gasteiger partial charge < -0.3 is 20.1 Å². The minimum absolute atomic E-state index is 0.134. The van der Waals surface area contributed by atoms with Crippen LogP contribution in [0.5, 0.6) is 5.75 Å². The summed E-state index contributed by atoms with van der Waals surface area (Å²) in [6, 6.07) is 8.48. The van der Waals surface area contributed by atoms with Crippen LogP contribution in [0.2, 0.25) is 0 Å². The highest BCUT2D eigenvalue weighted by atomic mass is 16.5. The van der Waals surface area contributed by atoms with Gasteiger partial charge in [-0.05, 0) is 12.1 Å². The smallest absolute Gasteiger partial charge is 0.260 e. The number of ether oxygens (including phenoxy) is 2. The second kappa shape index (κ2) is 7.35. The number of anilines is 1. The average Bonchev–Trinajstić information content (AvgIpc) is 2.61. The Balaban J connectivity index is 2.09. The molecule has 1 saturated heterocycles. The highest BCUT2D eigenvalue weighted by Crippen LogP contribution is 2.18. The summed E-state index contributed by atoms with van der Waals surface area (Å²) >= 11 is 0. The van der Waals surface area contributed by atoms with Crippen LogP contribution >= 0.6 is 0 Å². The van der Waals surface area contributed by atoms with E-state index in [4.69, 9.17) is 15.2 Å². The molecule has 132 valence electrons. The van der Waals surface area contributed by atoms with E-state index in [0.29, 0.717) is 49.4 Å². The van der Waals surface area contributed by atoms with Gasteiger partial charge in [0.05, 0.1) is 32.4 Å². The molecule has 8 heteroatoms. The van der Waals surface area contributed by atoms with Crippen LogP contribution in [0.15, 0.2) is 35.1 Å². The number of nitrogens with two attached hydrogens (primary N) is 1. The fourth-order valence-corrected chi connectivity index (χ4v) is 2.77. The Kier molecular flexibility index (Phi) is 4.99. The lowest BCUT2D eigenvalue weighted by Crippen LogP contribution is -2.38. The SMILES string of the molecule is COc1cccc(-n2c(CC(N)=O)nc(N3CCOCC3)cc2=O)c1. The zero-order chi connectivity index (χ0) is 17.8. The van der Waals surface area contributed by atoms with Crippen molar-refractivity contribution in [1.82, 2.24) is 9.55 Å². The first-order chi connectivity index (χ1) is 12.1. The van der Waals surface area contributed by atoms with E-state index in [2.05, 4.69) is 4.98 Å². The highest BCUT2D eigenvalue weighted by Gasteiger charge is 2.18. The molecule has 0 saturated carbocycles. The van der Waals surface area contributed by atoms with E-state index in [9.17, 15) is 9.59 Å². The molecule has 0 aliphatic carbocycles. The number of rotatable bonds is 5. The lowest BCUT2D eigenvalue weighted by Gasteiger charge is -2.28. The topological polar surface area (TPSA) is 99.7 Å². The number of hydrogen-bond acceptors (Lipinski definition) is 6. The van der Waals surface area contributed by atoms with Crippen molar-refractivity contribution < 1.29 is 14.3 Å². The second-order valence-corrected chi connectivity index (χ2v) is 5.65. The van der Waals surface area contributed by atoms with Gasteiger partial charge in [-0.15, -0.1) is 0 Å². The average molecular weight is 344 g/mol. The largest absolute Gasteiger partial charge is 0.497 e. The monoisotopic (exact) mass is 344 g/mol. The summed E-state index contributed by atoms with van der Waals surface area (Å²) in [4.78, 5) is 30.7. The first-order valence-electron chi connectivity index (χ1n) is 7.97. The zero-order valence-corrected chi connectivity index (χ0v) is 14.0. The predicted octanol–water partition coefficient (Wildman–Crippen LogP) is 0.106. The van der Waals surface area contributed by atoms with Gasteiger partial charge >= 0.3 is 0 Å². The molecule has 2 heterocycles. The van der Waals surface area contributed by atoms with Crippen molar-refractivity contribution in [3.8, 4) is 11.4 Å². The van der Waals surface area contributed by atoms with Crippen LogP contribution in [0, 0.1) is 0 Å². The van der Waals surface area contributed by atoms with Crippen LogP contribution in [0.3, 0.4) is 0 Å². The van der Waals surface area contributed by atoms with Crippen LogP contribution < -0.4 is 20.9 Å². The summed E-state index contributed by atoms with van der Waals surface area (Å²) in [5.41, 5.74) is 5.65. The Morgan fingerprint density at radius 1 is 1.32 bits per heavy atom. The number of hydrogen-bond donors (Lipinski definition) is 1.